The maximum Gasteiger partial charge on any atom is 0.490 e. The van der Waals surface area contributed by atoms with E-state index in [1.807, 2.05) is 0 Å². The molecular weight excluding hydrogens is 429 g/mol. The highest BCUT2D eigenvalue weighted by Gasteiger charge is 2.40. The van der Waals surface area contributed by atoms with Crippen molar-refractivity contribution in [3.8, 4) is 0 Å². The molecule has 3 aliphatic rings. The summed E-state index contributed by atoms with van der Waals surface area (Å²) in [6.45, 7) is 3.99. The van der Waals surface area contributed by atoms with E-state index < -0.39 is 12.1 Å². The van der Waals surface area contributed by atoms with E-state index in [4.69, 9.17) is 14.6 Å². The lowest BCUT2D eigenvalue weighted by molar-refractivity contribution is -0.192. The summed E-state index contributed by atoms with van der Waals surface area (Å²) in [5.74, 6) is -1.46. The number of amides is 1. The number of fused-ring (bicyclic) bond motifs is 1. The summed E-state index contributed by atoms with van der Waals surface area (Å²) in [6, 6.07) is 1.77. The highest BCUT2D eigenvalue weighted by Crippen LogP contribution is 2.31. The van der Waals surface area contributed by atoms with Gasteiger partial charge in [-0.15, -0.1) is 0 Å². The third kappa shape index (κ3) is 6.86. The van der Waals surface area contributed by atoms with Crippen LogP contribution in [0.2, 0.25) is 0 Å². The van der Waals surface area contributed by atoms with Crippen LogP contribution in [0.25, 0.3) is 0 Å². The largest absolute Gasteiger partial charge is 0.490 e. The second-order valence-corrected chi connectivity index (χ2v) is 8.62. The molecule has 178 valence electrons. The van der Waals surface area contributed by atoms with Crippen molar-refractivity contribution < 1.29 is 32.6 Å². The normalized spacial score (nSPS) is 26.5. The third-order valence-corrected chi connectivity index (χ3v) is 6.23. The van der Waals surface area contributed by atoms with Crippen molar-refractivity contribution in [2.45, 2.75) is 56.8 Å². The number of likely N-dealkylation sites (tertiary alicyclic amines) is 1. The molecule has 0 spiro atoms. The predicted molar refractivity (Wildman–Crippen MR) is 108 cm³/mol. The Kier molecular flexibility index (Phi) is 8.41. The monoisotopic (exact) mass is 458 g/mol. The smallest absolute Gasteiger partial charge is 0.475 e. The highest BCUT2D eigenvalue weighted by molar-refractivity contribution is 5.94. The number of piperidine rings is 1. The average Bonchev–Trinajstić information content (AvgIpc) is 3.27. The minimum Gasteiger partial charge on any atom is -0.475 e. The number of carbonyl (C=O) groups excluding carboxylic acids is 1. The molecule has 2 N–H and O–H groups in total. The molecule has 0 unspecified atom stereocenters. The fourth-order valence-electron chi connectivity index (χ4n) is 4.81. The van der Waals surface area contributed by atoms with Crippen molar-refractivity contribution in [1.82, 2.24) is 20.4 Å². The summed E-state index contributed by atoms with van der Waals surface area (Å²) in [6.07, 6.45) is 5.96. The van der Waals surface area contributed by atoms with Gasteiger partial charge in [-0.25, -0.2) is 4.79 Å². The van der Waals surface area contributed by atoms with Crippen LogP contribution >= 0.6 is 0 Å². The Balaban J connectivity index is 0.000000360. The van der Waals surface area contributed by atoms with E-state index in [1.165, 1.54) is 44.8 Å². The summed E-state index contributed by atoms with van der Waals surface area (Å²) >= 11 is 0. The summed E-state index contributed by atoms with van der Waals surface area (Å²) in [5, 5.41) is 17.9. The number of hydrogen-bond acceptors (Lipinski definition) is 6. The van der Waals surface area contributed by atoms with Gasteiger partial charge in [0.15, 0.2) is 0 Å². The van der Waals surface area contributed by atoms with E-state index in [-0.39, 0.29) is 18.1 Å². The highest BCUT2D eigenvalue weighted by atomic mass is 19.4. The van der Waals surface area contributed by atoms with Crippen molar-refractivity contribution in [3.05, 3.63) is 24.0 Å². The topological polar surface area (TPSA) is 105 Å². The van der Waals surface area contributed by atoms with Crippen LogP contribution in [0, 0.1) is 11.8 Å². The van der Waals surface area contributed by atoms with E-state index in [2.05, 4.69) is 20.4 Å². The van der Waals surface area contributed by atoms with Gasteiger partial charge in [-0.1, -0.05) is 12.8 Å². The Morgan fingerprint density at radius 1 is 1.16 bits per heavy atom. The molecule has 1 saturated carbocycles. The minimum absolute atomic E-state index is 0.0566. The molecule has 0 aromatic carbocycles. The number of ether oxygens (including phenoxy) is 1. The van der Waals surface area contributed by atoms with Gasteiger partial charge >= 0.3 is 12.1 Å². The Morgan fingerprint density at radius 3 is 2.50 bits per heavy atom. The number of alkyl halides is 3. The van der Waals surface area contributed by atoms with Crippen LogP contribution in [-0.2, 0) is 9.53 Å². The summed E-state index contributed by atoms with van der Waals surface area (Å²) < 4.78 is 37.8. The quantitative estimate of drug-likeness (QED) is 0.714. The van der Waals surface area contributed by atoms with Crippen LogP contribution < -0.4 is 5.32 Å². The van der Waals surface area contributed by atoms with E-state index in [0.717, 1.165) is 32.0 Å². The van der Waals surface area contributed by atoms with E-state index >= 15 is 0 Å². The molecule has 3 heterocycles. The molecule has 1 aromatic heterocycles. The molecule has 1 aliphatic carbocycles. The first-order chi connectivity index (χ1) is 15.2. The number of aliphatic carboxylic acids is 1. The summed E-state index contributed by atoms with van der Waals surface area (Å²) in [7, 11) is 0. The first-order valence-electron chi connectivity index (χ1n) is 11.0. The SMILES string of the molecule is O=C(N[C@@H]1CN(CC2CCCC2)C[C@@H]2CCCO[C@@H]21)c1ccnnc1.O=C(O)C(F)(F)F. The Labute approximate surface area is 184 Å². The van der Waals surface area contributed by atoms with Gasteiger partial charge in [0.1, 0.15) is 0 Å². The molecule has 0 bridgehead atoms. The van der Waals surface area contributed by atoms with Crippen molar-refractivity contribution >= 4 is 11.9 Å². The molecule has 11 heteroatoms. The maximum absolute atomic E-state index is 12.6. The number of carbonyl (C=O) groups is 2. The predicted octanol–water partition coefficient (Wildman–Crippen LogP) is 2.51. The van der Waals surface area contributed by atoms with Gasteiger partial charge in [-0.3, -0.25) is 4.79 Å². The van der Waals surface area contributed by atoms with E-state index in [0.29, 0.717) is 11.5 Å². The van der Waals surface area contributed by atoms with Crippen LogP contribution in [0.4, 0.5) is 13.2 Å². The number of hydrogen-bond donors (Lipinski definition) is 2. The first kappa shape index (κ1) is 24.4. The Morgan fingerprint density at radius 2 is 1.88 bits per heavy atom. The minimum atomic E-state index is -5.08. The molecule has 3 atom stereocenters. The van der Waals surface area contributed by atoms with Crippen LogP contribution in [0.15, 0.2) is 18.5 Å². The van der Waals surface area contributed by atoms with Gasteiger partial charge in [0.05, 0.1) is 30.1 Å². The molecule has 3 fully saturated rings. The zero-order valence-corrected chi connectivity index (χ0v) is 17.8. The van der Waals surface area contributed by atoms with Gasteiger partial charge in [0.2, 0.25) is 0 Å². The number of halogens is 3. The Bertz CT molecular complexity index is 759. The van der Waals surface area contributed by atoms with Crippen molar-refractivity contribution in [2.75, 3.05) is 26.2 Å². The van der Waals surface area contributed by atoms with Crippen LogP contribution in [0.5, 0.6) is 0 Å². The molecule has 4 rings (SSSR count). The lowest BCUT2D eigenvalue weighted by Gasteiger charge is -2.46. The second kappa shape index (κ2) is 11.0. The zero-order valence-electron chi connectivity index (χ0n) is 17.8. The molecular formula is C21H29F3N4O4. The molecule has 2 saturated heterocycles. The van der Waals surface area contributed by atoms with Crippen molar-refractivity contribution in [2.24, 2.45) is 11.8 Å². The lowest BCUT2D eigenvalue weighted by Crippen LogP contribution is -2.61. The second-order valence-electron chi connectivity index (χ2n) is 8.62. The number of carboxylic acid groups (broad SMARTS) is 1. The maximum atomic E-state index is 12.6. The van der Waals surface area contributed by atoms with Crippen molar-refractivity contribution in [1.29, 1.82) is 0 Å². The van der Waals surface area contributed by atoms with Gasteiger partial charge in [-0.2, -0.15) is 23.4 Å². The summed E-state index contributed by atoms with van der Waals surface area (Å²) in [4.78, 5) is 24.1. The number of nitrogens with zero attached hydrogens (tertiary/aromatic N) is 3. The lowest BCUT2D eigenvalue weighted by atomic mass is 9.85. The molecule has 0 radical (unpaired) electrons. The van der Waals surface area contributed by atoms with Gasteiger partial charge in [0, 0.05) is 26.2 Å². The molecule has 1 amide bonds. The molecule has 2 aliphatic heterocycles. The fraction of sp³-hybridized carbons (Fsp3) is 0.714. The Hall–Kier alpha value is -2.27. The van der Waals surface area contributed by atoms with Gasteiger partial charge < -0.3 is 20.1 Å². The fourth-order valence-corrected chi connectivity index (χ4v) is 4.81. The molecule has 1 aromatic rings. The van der Waals surface area contributed by atoms with E-state index in [9.17, 15) is 18.0 Å². The number of carboxylic acids is 1. The van der Waals surface area contributed by atoms with Crippen LogP contribution in [0.1, 0.15) is 48.9 Å². The number of aromatic nitrogens is 2. The van der Waals surface area contributed by atoms with Gasteiger partial charge in [-0.05, 0) is 43.6 Å². The summed E-state index contributed by atoms with van der Waals surface area (Å²) in [5.41, 5.74) is 0.565. The standard InChI is InChI=1S/C19H28N4O2.C2HF3O2/c24-19(15-7-8-20-21-10-15)22-17-13-23(11-14-4-1-2-5-14)12-16-6-3-9-25-18(16)17;3-2(4,5)1(6)7/h7-8,10,14,16-18H,1-6,9,11-13H2,(H,22,24);(H,6,7)/t16-,17+,18-;/m0./s1. The first-order valence-corrected chi connectivity index (χ1v) is 11.0. The van der Waals surface area contributed by atoms with Gasteiger partial charge in [0.25, 0.3) is 5.91 Å². The molecule has 32 heavy (non-hydrogen) atoms. The van der Waals surface area contributed by atoms with Crippen LogP contribution in [-0.4, -0.2) is 76.6 Å². The zero-order chi connectivity index (χ0) is 23.1. The van der Waals surface area contributed by atoms with E-state index in [1.54, 1.807) is 12.3 Å². The number of nitrogens with one attached hydrogen (secondary N) is 1. The average molecular weight is 458 g/mol. The van der Waals surface area contributed by atoms with Crippen molar-refractivity contribution in [3.63, 3.8) is 0 Å². The molecule has 8 nitrogen and oxygen atoms in total. The third-order valence-electron chi connectivity index (χ3n) is 6.23. The van der Waals surface area contributed by atoms with Crippen LogP contribution in [0.3, 0.4) is 0 Å². The number of rotatable bonds is 4.